The zero-order chi connectivity index (χ0) is 15.9. The van der Waals surface area contributed by atoms with E-state index < -0.39 is 0 Å². The summed E-state index contributed by atoms with van der Waals surface area (Å²) in [5.74, 6) is 0.0802. The number of likely N-dealkylation sites (N-methyl/N-ethyl adjacent to an activating group) is 1. The second-order valence-electron chi connectivity index (χ2n) is 5.68. The van der Waals surface area contributed by atoms with Crippen LogP contribution in [0.5, 0.6) is 0 Å². The van der Waals surface area contributed by atoms with Crippen molar-refractivity contribution in [1.82, 2.24) is 4.90 Å². The highest BCUT2D eigenvalue weighted by Gasteiger charge is 2.08. The normalized spacial score (nSPS) is 11.5. The Hall–Kier alpha value is -1.87. The first-order valence-corrected chi connectivity index (χ1v) is 8.38. The van der Waals surface area contributed by atoms with Crippen molar-refractivity contribution in [1.29, 1.82) is 0 Å². The lowest BCUT2D eigenvalue weighted by Gasteiger charge is -2.14. The number of benzene rings is 1. The average molecular weight is 313 g/mol. The van der Waals surface area contributed by atoms with Gasteiger partial charge >= 0.3 is 0 Å². The van der Waals surface area contributed by atoms with Crippen molar-refractivity contribution in [3.8, 4) is 0 Å². The molecule has 1 aromatic heterocycles. The summed E-state index contributed by atoms with van der Waals surface area (Å²) in [4.78, 5) is 16.5. The van der Waals surface area contributed by atoms with Crippen LogP contribution in [0.1, 0.15) is 28.7 Å². The highest BCUT2D eigenvalue weighted by atomic mass is 32.1. The van der Waals surface area contributed by atoms with Crippen molar-refractivity contribution in [2.24, 2.45) is 0 Å². The number of hydrogen-bond acceptors (Lipinski definition) is 2. The molecule has 0 aliphatic rings. The summed E-state index contributed by atoms with van der Waals surface area (Å²) in [6.45, 7) is 4.80. The van der Waals surface area contributed by atoms with Crippen molar-refractivity contribution < 1.29 is 4.79 Å². The summed E-state index contributed by atoms with van der Waals surface area (Å²) >= 11 is 1.75. The topological polar surface area (TPSA) is 20.3 Å². The molecule has 1 amide bonds. The number of carbonyl (C=O) groups excluding carboxylic acids is 1. The summed E-state index contributed by atoms with van der Waals surface area (Å²) < 4.78 is 0. The van der Waals surface area contributed by atoms with Crippen LogP contribution >= 0.6 is 11.3 Å². The number of allylic oxidation sites excluding steroid dienone is 1. The minimum Gasteiger partial charge on any atom is -0.337 e. The third-order valence-corrected chi connectivity index (χ3v) is 4.57. The van der Waals surface area contributed by atoms with E-state index >= 15 is 0 Å². The second-order valence-corrected chi connectivity index (χ2v) is 7.06. The Labute approximate surface area is 137 Å². The Morgan fingerprint density at radius 2 is 1.91 bits per heavy atom. The summed E-state index contributed by atoms with van der Waals surface area (Å²) in [5, 5.41) is 0. The molecule has 0 fully saturated rings. The van der Waals surface area contributed by atoms with Crippen LogP contribution < -0.4 is 0 Å². The van der Waals surface area contributed by atoms with Gasteiger partial charge in [0.15, 0.2) is 0 Å². The molecule has 0 bridgehead atoms. The number of thiophene rings is 1. The Balaban J connectivity index is 1.85. The molecule has 0 atom stereocenters. The van der Waals surface area contributed by atoms with E-state index in [1.54, 1.807) is 22.3 Å². The molecule has 0 N–H and O–H groups in total. The minimum absolute atomic E-state index is 0.0802. The first-order chi connectivity index (χ1) is 10.5. The molecule has 0 saturated carbocycles. The van der Waals surface area contributed by atoms with E-state index in [9.17, 15) is 4.79 Å². The first kappa shape index (κ1) is 16.5. The van der Waals surface area contributed by atoms with Crippen LogP contribution in [0, 0.1) is 6.92 Å². The quantitative estimate of drug-likeness (QED) is 0.714. The van der Waals surface area contributed by atoms with Crippen molar-refractivity contribution in [3.63, 3.8) is 0 Å². The van der Waals surface area contributed by atoms with Crippen LogP contribution in [0.3, 0.4) is 0 Å². The predicted octanol–water partition coefficient (Wildman–Crippen LogP) is 4.59. The van der Waals surface area contributed by atoms with Crippen LogP contribution in [0.15, 0.2) is 54.1 Å². The number of aryl methyl sites for hydroxylation is 2. The maximum absolute atomic E-state index is 12.2. The molecular formula is C19H23NOS. The van der Waals surface area contributed by atoms with E-state index in [-0.39, 0.29) is 5.91 Å². The maximum atomic E-state index is 12.2. The molecule has 3 heteroatoms. The van der Waals surface area contributed by atoms with Gasteiger partial charge in [0.25, 0.3) is 0 Å². The van der Waals surface area contributed by atoms with Crippen LogP contribution in [0.4, 0.5) is 0 Å². The predicted molar refractivity (Wildman–Crippen MR) is 94.1 cm³/mol. The van der Waals surface area contributed by atoms with Gasteiger partial charge in [0, 0.05) is 22.9 Å². The highest BCUT2D eigenvalue weighted by Crippen LogP contribution is 2.17. The van der Waals surface area contributed by atoms with E-state index in [2.05, 4.69) is 43.3 Å². The summed E-state index contributed by atoms with van der Waals surface area (Å²) in [6.07, 6.45) is 3.66. The van der Waals surface area contributed by atoms with Crippen molar-refractivity contribution >= 4 is 17.2 Å². The molecule has 0 unspecified atom stereocenters. The van der Waals surface area contributed by atoms with E-state index in [0.29, 0.717) is 6.54 Å². The molecular weight excluding hydrogens is 290 g/mol. The van der Waals surface area contributed by atoms with E-state index in [4.69, 9.17) is 0 Å². The molecule has 1 heterocycles. The number of rotatable bonds is 6. The molecule has 2 nitrogen and oxygen atoms in total. The first-order valence-electron chi connectivity index (χ1n) is 7.56. The second kappa shape index (κ2) is 7.95. The number of amides is 1. The van der Waals surface area contributed by atoms with Gasteiger partial charge in [-0.15, -0.1) is 11.3 Å². The van der Waals surface area contributed by atoms with Crippen molar-refractivity contribution in [2.45, 2.75) is 33.2 Å². The van der Waals surface area contributed by atoms with Gasteiger partial charge in [-0.25, -0.2) is 0 Å². The van der Waals surface area contributed by atoms with E-state index in [0.717, 1.165) is 18.4 Å². The van der Waals surface area contributed by atoms with Crippen LogP contribution in [-0.4, -0.2) is 17.9 Å². The molecule has 0 spiro atoms. The summed E-state index contributed by atoms with van der Waals surface area (Å²) in [7, 11) is 1.86. The fraction of sp³-hybridized carbons (Fsp3) is 0.316. The van der Waals surface area contributed by atoms with Gasteiger partial charge in [-0.1, -0.05) is 35.9 Å². The fourth-order valence-electron chi connectivity index (χ4n) is 2.26. The Kier molecular flexibility index (Phi) is 5.96. The third kappa shape index (κ3) is 5.15. The molecule has 116 valence electrons. The molecule has 2 rings (SSSR count). The largest absolute Gasteiger partial charge is 0.337 e. The average Bonchev–Trinajstić information content (AvgIpc) is 2.91. The van der Waals surface area contributed by atoms with Crippen molar-refractivity contribution in [3.05, 3.63) is 69.4 Å². The van der Waals surface area contributed by atoms with Gasteiger partial charge in [0.2, 0.25) is 5.91 Å². The SMILES string of the molecule is C/C(=C/C(=O)N(C)Cc1ccc(C)s1)CCc1ccccc1. The molecule has 2 aromatic rings. The van der Waals surface area contributed by atoms with E-state index in [1.165, 1.54) is 15.3 Å². The minimum atomic E-state index is 0.0802. The zero-order valence-electron chi connectivity index (χ0n) is 13.5. The molecule has 22 heavy (non-hydrogen) atoms. The standard InChI is InChI=1S/C19H23NOS/c1-15(9-11-17-7-5-4-6-8-17)13-19(21)20(3)14-18-12-10-16(2)22-18/h4-8,10,12-13H,9,11,14H2,1-3H3/b15-13-. The smallest absolute Gasteiger partial charge is 0.246 e. The fourth-order valence-corrected chi connectivity index (χ4v) is 3.21. The van der Waals surface area contributed by atoms with Gasteiger partial charge in [-0.05, 0) is 44.4 Å². The van der Waals surface area contributed by atoms with Gasteiger partial charge < -0.3 is 4.90 Å². The Bertz CT molecular complexity index is 642. The Morgan fingerprint density at radius 1 is 1.18 bits per heavy atom. The molecule has 0 radical (unpaired) electrons. The summed E-state index contributed by atoms with van der Waals surface area (Å²) in [5.41, 5.74) is 2.44. The monoisotopic (exact) mass is 313 g/mol. The lowest BCUT2D eigenvalue weighted by atomic mass is 10.1. The highest BCUT2D eigenvalue weighted by molar-refractivity contribution is 7.11. The number of carbonyl (C=O) groups is 1. The lowest BCUT2D eigenvalue weighted by molar-refractivity contribution is -0.125. The van der Waals surface area contributed by atoms with Gasteiger partial charge in [0.05, 0.1) is 6.54 Å². The van der Waals surface area contributed by atoms with Gasteiger partial charge in [-0.3, -0.25) is 4.79 Å². The van der Waals surface area contributed by atoms with Gasteiger partial charge in [0.1, 0.15) is 0 Å². The lowest BCUT2D eigenvalue weighted by Crippen LogP contribution is -2.24. The van der Waals surface area contributed by atoms with Gasteiger partial charge in [-0.2, -0.15) is 0 Å². The maximum Gasteiger partial charge on any atom is 0.246 e. The third-order valence-electron chi connectivity index (χ3n) is 3.59. The van der Waals surface area contributed by atoms with E-state index in [1.807, 2.05) is 20.0 Å². The zero-order valence-corrected chi connectivity index (χ0v) is 14.3. The molecule has 0 aliphatic heterocycles. The number of nitrogens with zero attached hydrogens (tertiary/aromatic N) is 1. The number of hydrogen-bond donors (Lipinski definition) is 0. The van der Waals surface area contributed by atoms with Crippen LogP contribution in [-0.2, 0) is 17.8 Å². The summed E-state index contributed by atoms with van der Waals surface area (Å²) in [6, 6.07) is 14.6. The Morgan fingerprint density at radius 3 is 2.55 bits per heavy atom. The van der Waals surface area contributed by atoms with Crippen LogP contribution in [0.2, 0.25) is 0 Å². The molecule has 1 aromatic carbocycles. The molecule has 0 aliphatic carbocycles. The molecule has 0 saturated heterocycles. The van der Waals surface area contributed by atoms with Crippen LogP contribution in [0.25, 0.3) is 0 Å². The van der Waals surface area contributed by atoms with Crippen molar-refractivity contribution in [2.75, 3.05) is 7.05 Å².